The molecule has 6 nitrogen and oxygen atoms in total. The Balaban J connectivity index is 1.45. The van der Waals surface area contributed by atoms with E-state index in [1.165, 1.54) is 10.5 Å². The number of halogens is 1. The van der Waals surface area contributed by atoms with Crippen LogP contribution in [0.4, 0.5) is 4.79 Å². The van der Waals surface area contributed by atoms with E-state index >= 15 is 0 Å². The lowest BCUT2D eigenvalue weighted by molar-refractivity contribution is -0.123. The molecule has 4 rings (SSSR count). The summed E-state index contributed by atoms with van der Waals surface area (Å²) in [4.78, 5) is 27.0. The standard InChI is InChI=1S/C29H28BrNO5S/c1-4-34-25-16-22(15-24(30)27(25)36-18-21-9-5-19(2)6-10-21)17-26-28(32)31(29(33)37-26)13-14-35-23-11-7-20(3)8-12-23/h5-12,15-17H,4,13-14,18H2,1-3H3/b26-17-. The second-order valence-corrected chi connectivity index (χ2v) is 10.4. The number of rotatable bonds is 10. The number of ether oxygens (including phenoxy) is 3. The van der Waals surface area contributed by atoms with Gasteiger partial charge in [-0.1, -0.05) is 47.5 Å². The monoisotopic (exact) mass is 581 g/mol. The molecule has 0 aliphatic carbocycles. The Morgan fingerprint density at radius 2 is 1.59 bits per heavy atom. The van der Waals surface area contributed by atoms with E-state index in [1.54, 1.807) is 6.08 Å². The minimum Gasteiger partial charge on any atom is -0.492 e. The molecule has 0 N–H and O–H groups in total. The fourth-order valence-corrected chi connectivity index (χ4v) is 5.09. The zero-order valence-electron chi connectivity index (χ0n) is 21.0. The van der Waals surface area contributed by atoms with E-state index in [-0.39, 0.29) is 24.3 Å². The molecule has 1 fully saturated rings. The summed E-state index contributed by atoms with van der Waals surface area (Å²) in [6.45, 7) is 7.18. The van der Waals surface area contributed by atoms with Crippen LogP contribution in [0.3, 0.4) is 0 Å². The fraction of sp³-hybridized carbons (Fsp3) is 0.241. The van der Waals surface area contributed by atoms with Gasteiger partial charge in [0.2, 0.25) is 0 Å². The van der Waals surface area contributed by atoms with Gasteiger partial charge in [0.25, 0.3) is 11.1 Å². The fourth-order valence-electron chi connectivity index (χ4n) is 3.65. The van der Waals surface area contributed by atoms with Gasteiger partial charge in [-0.15, -0.1) is 0 Å². The lowest BCUT2D eigenvalue weighted by Gasteiger charge is -2.15. The molecule has 0 spiro atoms. The van der Waals surface area contributed by atoms with Crippen molar-refractivity contribution in [3.05, 3.63) is 92.3 Å². The Labute approximate surface area is 229 Å². The van der Waals surface area contributed by atoms with E-state index in [9.17, 15) is 9.59 Å². The topological polar surface area (TPSA) is 65.1 Å². The quantitative estimate of drug-likeness (QED) is 0.237. The first-order valence-electron chi connectivity index (χ1n) is 11.9. The number of hydrogen-bond donors (Lipinski definition) is 0. The lowest BCUT2D eigenvalue weighted by atomic mass is 10.1. The average molecular weight is 583 g/mol. The Morgan fingerprint density at radius 3 is 2.27 bits per heavy atom. The van der Waals surface area contributed by atoms with Crippen molar-refractivity contribution < 1.29 is 23.8 Å². The van der Waals surface area contributed by atoms with E-state index in [0.717, 1.165) is 28.5 Å². The molecule has 1 heterocycles. The molecule has 2 amide bonds. The van der Waals surface area contributed by atoms with Crippen molar-refractivity contribution in [2.24, 2.45) is 0 Å². The maximum Gasteiger partial charge on any atom is 0.293 e. The average Bonchev–Trinajstić information content (AvgIpc) is 3.13. The van der Waals surface area contributed by atoms with E-state index in [0.29, 0.717) is 39.8 Å². The molecule has 192 valence electrons. The Bertz CT molecular complexity index is 1310. The van der Waals surface area contributed by atoms with Crippen LogP contribution in [0.2, 0.25) is 0 Å². The van der Waals surface area contributed by atoms with Gasteiger partial charge in [0.05, 0.1) is 22.5 Å². The molecule has 0 bridgehead atoms. The van der Waals surface area contributed by atoms with Crippen molar-refractivity contribution in [2.75, 3.05) is 19.8 Å². The number of nitrogens with zero attached hydrogens (tertiary/aromatic N) is 1. The summed E-state index contributed by atoms with van der Waals surface area (Å²) in [5, 5.41) is -0.314. The minimum atomic E-state index is -0.337. The number of imide groups is 1. The van der Waals surface area contributed by atoms with Crippen molar-refractivity contribution >= 4 is 44.9 Å². The normalized spacial score (nSPS) is 14.4. The van der Waals surface area contributed by atoms with Gasteiger partial charge in [-0.3, -0.25) is 14.5 Å². The highest BCUT2D eigenvalue weighted by Crippen LogP contribution is 2.39. The third-order valence-electron chi connectivity index (χ3n) is 5.61. The predicted octanol–water partition coefficient (Wildman–Crippen LogP) is 7.16. The van der Waals surface area contributed by atoms with Gasteiger partial charge in [-0.25, -0.2) is 0 Å². The van der Waals surface area contributed by atoms with Crippen LogP contribution in [-0.4, -0.2) is 35.8 Å². The molecule has 3 aromatic carbocycles. The molecule has 3 aromatic rings. The van der Waals surface area contributed by atoms with Crippen LogP contribution < -0.4 is 14.2 Å². The molecule has 0 radical (unpaired) electrons. The first-order valence-corrected chi connectivity index (χ1v) is 13.5. The van der Waals surface area contributed by atoms with Gasteiger partial charge in [0.15, 0.2) is 11.5 Å². The molecule has 0 unspecified atom stereocenters. The van der Waals surface area contributed by atoms with Gasteiger partial charge in [0.1, 0.15) is 19.0 Å². The van der Waals surface area contributed by atoms with Gasteiger partial charge >= 0.3 is 0 Å². The second-order valence-electron chi connectivity index (χ2n) is 8.53. The zero-order chi connectivity index (χ0) is 26.4. The van der Waals surface area contributed by atoms with Crippen LogP contribution in [0.25, 0.3) is 6.08 Å². The second kappa shape index (κ2) is 12.3. The molecule has 1 saturated heterocycles. The zero-order valence-corrected chi connectivity index (χ0v) is 23.4. The van der Waals surface area contributed by atoms with E-state index < -0.39 is 0 Å². The van der Waals surface area contributed by atoms with Crippen molar-refractivity contribution in [1.29, 1.82) is 0 Å². The van der Waals surface area contributed by atoms with Crippen LogP contribution in [0.1, 0.15) is 29.2 Å². The maximum atomic E-state index is 12.9. The summed E-state index contributed by atoms with van der Waals surface area (Å²) in [5.41, 5.74) is 4.09. The third kappa shape index (κ3) is 6.96. The third-order valence-corrected chi connectivity index (χ3v) is 7.11. The number of aryl methyl sites for hydroxylation is 2. The van der Waals surface area contributed by atoms with Gasteiger partial charge < -0.3 is 14.2 Å². The molecule has 0 atom stereocenters. The molecule has 1 aliphatic heterocycles. The highest BCUT2D eigenvalue weighted by Gasteiger charge is 2.35. The van der Waals surface area contributed by atoms with Gasteiger partial charge in [0, 0.05) is 0 Å². The summed E-state index contributed by atoms with van der Waals surface area (Å²) in [5.74, 6) is 1.50. The molecule has 37 heavy (non-hydrogen) atoms. The minimum absolute atomic E-state index is 0.176. The van der Waals surface area contributed by atoms with Crippen molar-refractivity contribution in [3.8, 4) is 17.2 Å². The molecule has 0 aromatic heterocycles. The molecular formula is C29H28BrNO5S. The van der Waals surface area contributed by atoms with Gasteiger partial charge in [-0.05, 0) is 89.9 Å². The van der Waals surface area contributed by atoms with Gasteiger partial charge in [-0.2, -0.15) is 0 Å². The number of amides is 2. The van der Waals surface area contributed by atoms with Crippen LogP contribution in [0.5, 0.6) is 17.2 Å². The highest BCUT2D eigenvalue weighted by molar-refractivity contribution is 9.10. The first-order chi connectivity index (χ1) is 17.8. The summed E-state index contributed by atoms with van der Waals surface area (Å²) in [6.07, 6.45) is 1.70. The molecule has 8 heteroatoms. The smallest absolute Gasteiger partial charge is 0.293 e. The number of thioether (sulfide) groups is 1. The first kappa shape index (κ1) is 26.8. The number of carbonyl (C=O) groups excluding carboxylic acids is 2. The summed E-state index contributed by atoms with van der Waals surface area (Å²) < 4.78 is 18.3. The molecule has 1 aliphatic rings. The Hall–Kier alpha value is -3.23. The van der Waals surface area contributed by atoms with Crippen molar-refractivity contribution in [2.45, 2.75) is 27.4 Å². The maximum absolute atomic E-state index is 12.9. The van der Waals surface area contributed by atoms with E-state index in [1.807, 2.05) is 81.4 Å². The predicted molar refractivity (Wildman–Crippen MR) is 150 cm³/mol. The molecular weight excluding hydrogens is 554 g/mol. The molecule has 0 saturated carbocycles. The lowest BCUT2D eigenvalue weighted by Crippen LogP contribution is -2.32. The highest BCUT2D eigenvalue weighted by atomic mass is 79.9. The summed E-state index contributed by atoms with van der Waals surface area (Å²) in [7, 11) is 0. The summed E-state index contributed by atoms with van der Waals surface area (Å²) >= 11 is 4.50. The van der Waals surface area contributed by atoms with Crippen molar-refractivity contribution in [3.63, 3.8) is 0 Å². The largest absolute Gasteiger partial charge is 0.492 e. The van der Waals surface area contributed by atoms with Crippen LogP contribution >= 0.6 is 27.7 Å². The Kier molecular flexibility index (Phi) is 8.95. The van der Waals surface area contributed by atoms with E-state index in [2.05, 4.69) is 15.9 Å². The SMILES string of the molecule is CCOc1cc(/C=C2\SC(=O)N(CCOc3ccc(C)cc3)C2=O)cc(Br)c1OCc1ccc(C)cc1. The van der Waals surface area contributed by atoms with Crippen molar-refractivity contribution in [1.82, 2.24) is 4.90 Å². The Morgan fingerprint density at radius 1 is 0.919 bits per heavy atom. The van der Waals surface area contributed by atoms with Crippen LogP contribution in [-0.2, 0) is 11.4 Å². The van der Waals surface area contributed by atoms with E-state index in [4.69, 9.17) is 14.2 Å². The number of carbonyl (C=O) groups is 2. The summed E-state index contributed by atoms with van der Waals surface area (Å²) in [6, 6.07) is 19.4. The number of hydrogen-bond acceptors (Lipinski definition) is 6. The van der Waals surface area contributed by atoms with Crippen LogP contribution in [0.15, 0.2) is 70.0 Å². The van der Waals surface area contributed by atoms with Crippen LogP contribution in [0, 0.1) is 13.8 Å². The number of benzene rings is 3.